The van der Waals surface area contributed by atoms with Gasteiger partial charge in [-0.3, -0.25) is 4.79 Å². The van der Waals surface area contributed by atoms with Gasteiger partial charge >= 0.3 is 5.91 Å². The Labute approximate surface area is 134 Å². The average Bonchev–Trinajstić information content (AvgIpc) is 3.10. The first-order valence-corrected chi connectivity index (χ1v) is 7.79. The molecule has 0 radical (unpaired) electrons. The quantitative estimate of drug-likeness (QED) is 0.695. The number of rotatable bonds is 2. The van der Waals surface area contributed by atoms with Gasteiger partial charge in [0, 0.05) is 6.54 Å². The number of nitrogens with zero attached hydrogens (tertiary/aromatic N) is 2. The molecule has 0 saturated carbocycles. The zero-order chi connectivity index (χ0) is 15.0. The van der Waals surface area contributed by atoms with Crippen LogP contribution in [0.4, 0.5) is 0 Å². The molecule has 4 nitrogen and oxygen atoms in total. The number of hydrogen-bond donors (Lipinski definition) is 0. The van der Waals surface area contributed by atoms with Gasteiger partial charge in [0.1, 0.15) is 0 Å². The molecule has 21 heavy (non-hydrogen) atoms. The monoisotopic (exact) mass is 340 g/mol. The summed E-state index contributed by atoms with van der Waals surface area (Å²) in [5.74, 6) is -0.228. The summed E-state index contributed by atoms with van der Waals surface area (Å²) in [6.45, 7) is 2.59. The molecule has 0 saturated heterocycles. The van der Waals surface area contributed by atoms with Crippen molar-refractivity contribution >= 4 is 50.7 Å². The molecule has 0 fully saturated rings. The number of aryl methyl sites for hydroxylation is 1. The van der Waals surface area contributed by atoms with E-state index in [1.807, 2.05) is 11.5 Å². The number of fused-ring (bicyclic) bond motifs is 1. The van der Waals surface area contributed by atoms with E-state index in [0.29, 0.717) is 21.4 Å². The largest absolute Gasteiger partial charge is 0.459 e. The third kappa shape index (κ3) is 2.52. The van der Waals surface area contributed by atoms with Crippen molar-refractivity contribution in [1.82, 2.24) is 4.57 Å². The van der Waals surface area contributed by atoms with Gasteiger partial charge in [-0.2, -0.15) is 4.99 Å². The Kier molecular flexibility index (Phi) is 3.89. The van der Waals surface area contributed by atoms with Crippen LogP contribution in [0.15, 0.2) is 39.9 Å². The average molecular weight is 341 g/mol. The van der Waals surface area contributed by atoms with E-state index in [1.54, 1.807) is 24.3 Å². The summed E-state index contributed by atoms with van der Waals surface area (Å²) < 4.78 is 7.75. The molecule has 0 aliphatic rings. The summed E-state index contributed by atoms with van der Waals surface area (Å²) in [5.41, 5.74) is 0.794. The smallest absolute Gasteiger partial charge is 0.315 e. The van der Waals surface area contributed by atoms with Crippen molar-refractivity contribution < 1.29 is 9.21 Å². The third-order valence-electron chi connectivity index (χ3n) is 2.97. The Morgan fingerprint density at radius 3 is 2.76 bits per heavy atom. The molecule has 0 spiro atoms. The van der Waals surface area contributed by atoms with Crippen LogP contribution < -0.4 is 4.80 Å². The fourth-order valence-electron chi connectivity index (χ4n) is 2.03. The van der Waals surface area contributed by atoms with Crippen molar-refractivity contribution in [2.45, 2.75) is 13.5 Å². The van der Waals surface area contributed by atoms with Crippen LogP contribution in [0, 0.1) is 0 Å². The first-order valence-electron chi connectivity index (χ1n) is 6.21. The molecular weight excluding hydrogens is 331 g/mol. The summed E-state index contributed by atoms with van der Waals surface area (Å²) >= 11 is 13.8. The Morgan fingerprint density at radius 2 is 2.10 bits per heavy atom. The molecule has 0 unspecified atom stereocenters. The Morgan fingerprint density at radius 1 is 1.33 bits per heavy atom. The second-order valence-corrected chi connectivity index (χ2v) is 6.02. The van der Waals surface area contributed by atoms with Gasteiger partial charge in [-0.1, -0.05) is 34.5 Å². The molecular formula is C14H10Cl2N2O2S. The van der Waals surface area contributed by atoms with Gasteiger partial charge in [0.25, 0.3) is 0 Å². The number of hydrogen-bond acceptors (Lipinski definition) is 3. The summed E-state index contributed by atoms with van der Waals surface area (Å²) in [6.07, 6.45) is 1.44. The van der Waals surface area contributed by atoms with Crippen LogP contribution in [0.1, 0.15) is 17.5 Å². The van der Waals surface area contributed by atoms with Gasteiger partial charge in [-0.25, -0.2) is 0 Å². The highest BCUT2D eigenvalue weighted by atomic mass is 35.5. The molecule has 3 aromatic rings. The fraction of sp³-hybridized carbons (Fsp3) is 0.143. The van der Waals surface area contributed by atoms with Crippen LogP contribution in [-0.4, -0.2) is 10.5 Å². The first-order chi connectivity index (χ1) is 10.1. The summed E-state index contributed by atoms with van der Waals surface area (Å²) in [5, 5.41) is 1.17. The second kappa shape index (κ2) is 5.67. The Bertz CT molecular complexity index is 878. The lowest BCUT2D eigenvalue weighted by molar-refractivity contribution is 0.0971. The van der Waals surface area contributed by atoms with Crippen LogP contribution in [0.5, 0.6) is 0 Å². The predicted molar refractivity (Wildman–Crippen MR) is 84.1 cm³/mol. The van der Waals surface area contributed by atoms with Gasteiger partial charge < -0.3 is 8.98 Å². The molecule has 108 valence electrons. The number of amides is 1. The molecule has 0 aliphatic carbocycles. The van der Waals surface area contributed by atoms with Crippen molar-refractivity contribution in [3.05, 3.63) is 51.1 Å². The van der Waals surface area contributed by atoms with Crippen LogP contribution in [0.3, 0.4) is 0 Å². The fourth-order valence-corrected chi connectivity index (χ4v) is 3.74. The number of furan rings is 1. The van der Waals surface area contributed by atoms with E-state index in [-0.39, 0.29) is 5.76 Å². The zero-order valence-corrected chi connectivity index (χ0v) is 13.3. The van der Waals surface area contributed by atoms with Crippen LogP contribution in [0.25, 0.3) is 10.2 Å². The third-order valence-corrected chi connectivity index (χ3v) is 4.82. The number of aromatic nitrogens is 1. The lowest BCUT2D eigenvalue weighted by atomic mass is 10.3. The molecule has 3 rings (SSSR count). The maximum atomic E-state index is 12.1. The second-order valence-electron chi connectivity index (χ2n) is 4.23. The van der Waals surface area contributed by atoms with E-state index in [9.17, 15) is 4.79 Å². The molecule has 1 aromatic carbocycles. The normalized spacial score (nSPS) is 12.2. The number of benzene rings is 1. The number of halogens is 2. The molecule has 2 heterocycles. The van der Waals surface area contributed by atoms with Crippen molar-refractivity contribution in [2.75, 3.05) is 0 Å². The van der Waals surface area contributed by atoms with Crippen LogP contribution in [0.2, 0.25) is 10.0 Å². The van der Waals surface area contributed by atoms with Crippen molar-refractivity contribution in [2.24, 2.45) is 4.99 Å². The topological polar surface area (TPSA) is 47.5 Å². The van der Waals surface area contributed by atoms with Crippen LogP contribution >= 0.6 is 34.5 Å². The van der Waals surface area contributed by atoms with Gasteiger partial charge in [0.05, 0.1) is 26.5 Å². The SMILES string of the molecule is CCn1c(=NC(=O)c2ccco2)sc2c(Cl)ccc(Cl)c21. The number of carbonyl (C=O) groups excluding carboxylic acids is 1. The van der Waals surface area contributed by atoms with Gasteiger partial charge in [0.15, 0.2) is 10.6 Å². The van der Waals surface area contributed by atoms with E-state index in [2.05, 4.69) is 4.99 Å². The number of carbonyl (C=O) groups is 1. The van der Waals surface area contributed by atoms with Crippen molar-refractivity contribution in [1.29, 1.82) is 0 Å². The maximum Gasteiger partial charge on any atom is 0.315 e. The standard InChI is InChI=1S/C14H10Cl2N2O2S/c1-2-18-11-8(15)5-6-9(16)12(11)21-14(18)17-13(19)10-4-3-7-20-10/h3-7H,2H2,1H3. The van der Waals surface area contributed by atoms with Crippen molar-refractivity contribution in [3.8, 4) is 0 Å². The number of thiazole rings is 1. The van der Waals surface area contributed by atoms with Gasteiger partial charge in [-0.05, 0) is 31.2 Å². The van der Waals surface area contributed by atoms with Gasteiger partial charge in [0.2, 0.25) is 0 Å². The Hall–Kier alpha value is -1.56. The predicted octanol–water partition coefficient (Wildman–Crippen LogP) is 4.36. The van der Waals surface area contributed by atoms with Gasteiger partial charge in [-0.15, -0.1) is 0 Å². The van der Waals surface area contributed by atoms with E-state index in [0.717, 1.165) is 10.2 Å². The summed E-state index contributed by atoms with van der Waals surface area (Å²) in [6, 6.07) is 6.70. The highest BCUT2D eigenvalue weighted by Crippen LogP contribution is 2.31. The zero-order valence-electron chi connectivity index (χ0n) is 11.0. The minimum absolute atomic E-state index is 0.201. The minimum Gasteiger partial charge on any atom is -0.459 e. The minimum atomic E-state index is -0.430. The highest BCUT2D eigenvalue weighted by Gasteiger charge is 2.14. The highest BCUT2D eigenvalue weighted by molar-refractivity contribution is 7.17. The van der Waals surface area contributed by atoms with E-state index in [4.69, 9.17) is 27.6 Å². The first kappa shape index (κ1) is 14.4. The maximum absolute atomic E-state index is 12.1. The summed E-state index contributed by atoms with van der Waals surface area (Å²) in [7, 11) is 0. The molecule has 0 aliphatic heterocycles. The van der Waals surface area contributed by atoms with Crippen molar-refractivity contribution in [3.63, 3.8) is 0 Å². The molecule has 0 N–H and O–H groups in total. The summed E-state index contributed by atoms with van der Waals surface area (Å²) in [4.78, 5) is 16.7. The lowest BCUT2D eigenvalue weighted by Crippen LogP contribution is -2.15. The molecule has 0 atom stereocenters. The molecule has 7 heteroatoms. The Balaban J connectivity index is 2.26. The molecule has 2 aromatic heterocycles. The molecule has 0 bridgehead atoms. The van der Waals surface area contributed by atoms with E-state index in [1.165, 1.54) is 17.6 Å². The lowest BCUT2D eigenvalue weighted by Gasteiger charge is -2.02. The van der Waals surface area contributed by atoms with Crippen LogP contribution in [-0.2, 0) is 6.54 Å². The van der Waals surface area contributed by atoms with E-state index >= 15 is 0 Å². The van der Waals surface area contributed by atoms with E-state index < -0.39 is 5.91 Å². The molecule has 1 amide bonds.